The Morgan fingerprint density at radius 1 is 0.351 bits per heavy atom. The molecule has 0 saturated carbocycles. The molecule has 0 radical (unpaired) electrons. The molecule has 0 unspecified atom stereocenters. The molecule has 0 aromatic heterocycles. The third kappa shape index (κ3) is 7.10. The Bertz CT molecular complexity index is 1030. The second-order valence-corrected chi connectivity index (χ2v) is 9.94. The first-order valence-electron chi connectivity index (χ1n) is 12.8. The zero-order chi connectivity index (χ0) is 26.1. The summed E-state index contributed by atoms with van der Waals surface area (Å²) in [7, 11) is 6.83. The van der Waals surface area contributed by atoms with E-state index in [1.165, 1.54) is 22.3 Å². The second-order valence-electron chi connectivity index (χ2n) is 9.94. The van der Waals surface area contributed by atoms with Crippen molar-refractivity contribution in [3.63, 3.8) is 0 Å². The monoisotopic (exact) mass is 495 g/mol. The Morgan fingerprint density at radius 2 is 0.541 bits per heavy atom. The van der Waals surface area contributed by atoms with Crippen molar-refractivity contribution in [2.45, 2.75) is 25.3 Å². The average Bonchev–Trinajstić information content (AvgIpc) is 2.94. The van der Waals surface area contributed by atoms with Crippen molar-refractivity contribution in [2.75, 3.05) is 28.4 Å². The summed E-state index contributed by atoms with van der Waals surface area (Å²) in [5, 5.41) is 0. The molecular formula is C32H36BO4-. The van der Waals surface area contributed by atoms with E-state index in [2.05, 4.69) is 97.1 Å². The van der Waals surface area contributed by atoms with Gasteiger partial charge in [-0.1, -0.05) is 70.8 Å². The van der Waals surface area contributed by atoms with Crippen LogP contribution in [0.1, 0.15) is 22.3 Å². The highest BCUT2D eigenvalue weighted by atomic mass is 16.5. The summed E-state index contributed by atoms with van der Waals surface area (Å²) in [5.74, 6) is 3.51. The first-order valence-corrected chi connectivity index (χ1v) is 12.8. The number of benzene rings is 4. The minimum Gasteiger partial charge on any atom is -0.497 e. The number of methoxy groups -OCH3 is 4. The maximum Gasteiger partial charge on any atom is 0.118 e. The molecule has 4 aromatic carbocycles. The summed E-state index contributed by atoms with van der Waals surface area (Å²) in [6.45, 7) is 0. The molecule has 0 bridgehead atoms. The van der Waals surface area contributed by atoms with Crippen molar-refractivity contribution in [3.05, 3.63) is 119 Å². The third-order valence-corrected chi connectivity index (χ3v) is 7.31. The zero-order valence-electron chi connectivity index (χ0n) is 22.3. The Kier molecular flexibility index (Phi) is 8.79. The molecule has 0 aliphatic rings. The van der Waals surface area contributed by atoms with Crippen molar-refractivity contribution in [1.82, 2.24) is 0 Å². The lowest BCUT2D eigenvalue weighted by Crippen LogP contribution is -2.46. The first-order chi connectivity index (χ1) is 18.0. The molecule has 0 saturated heterocycles. The molecule has 0 atom stereocenters. The Morgan fingerprint density at radius 3 is 0.703 bits per heavy atom. The van der Waals surface area contributed by atoms with E-state index in [0.717, 1.165) is 48.3 Å². The molecule has 0 heterocycles. The molecular weight excluding hydrogens is 459 g/mol. The first kappa shape index (κ1) is 26.2. The number of ether oxygens (including phenoxy) is 4. The van der Waals surface area contributed by atoms with Crippen LogP contribution in [0.2, 0.25) is 0 Å². The highest BCUT2D eigenvalue weighted by Crippen LogP contribution is 2.29. The van der Waals surface area contributed by atoms with Gasteiger partial charge in [-0.05, 0) is 48.5 Å². The molecule has 4 rings (SSSR count). The van der Waals surface area contributed by atoms with Crippen LogP contribution in [0.4, 0.5) is 0 Å². The van der Waals surface area contributed by atoms with Crippen molar-refractivity contribution in [1.29, 1.82) is 0 Å². The van der Waals surface area contributed by atoms with Crippen LogP contribution < -0.4 is 18.9 Å². The Hall–Kier alpha value is -3.86. The lowest BCUT2D eigenvalue weighted by molar-refractivity contribution is 0.414. The molecule has 37 heavy (non-hydrogen) atoms. The van der Waals surface area contributed by atoms with Gasteiger partial charge in [-0.15, -0.1) is 0 Å². The van der Waals surface area contributed by atoms with Crippen molar-refractivity contribution < 1.29 is 18.9 Å². The summed E-state index contributed by atoms with van der Waals surface area (Å²) in [6, 6.07) is 34.1. The molecule has 0 amide bonds. The van der Waals surface area contributed by atoms with E-state index in [-0.39, 0.29) is 0 Å². The van der Waals surface area contributed by atoms with Crippen molar-refractivity contribution in [2.24, 2.45) is 0 Å². The molecule has 0 fully saturated rings. The number of rotatable bonds is 12. The lowest BCUT2D eigenvalue weighted by atomic mass is 9.16. The normalized spacial score (nSPS) is 11.1. The van der Waals surface area contributed by atoms with Gasteiger partial charge in [-0.3, -0.25) is 0 Å². The highest BCUT2D eigenvalue weighted by Gasteiger charge is 2.27. The van der Waals surface area contributed by atoms with E-state index in [1.54, 1.807) is 28.4 Å². The minimum absolute atomic E-state index is 0.877. The van der Waals surface area contributed by atoms with Crippen LogP contribution in [0.3, 0.4) is 0 Å². The third-order valence-electron chi connectivity index (χ3n) is 7.31. The zero-order valence-corrected chi connectivity index (χ0v) is 22.3. The molecule has 0 spiro atoms. The van der Waals surface area contributed by atoms with Gasteiger partial charge in [0.15, 0.2) is 0 Å². The number of hydrogen-bond acceptors (Lipinski definition) is 4. The van der Waals surface area contributed by atoms with Gasteiger partial charge in [0, 0.05) is 6.15 Å². The van der Waals surface area contributed by atoms with Gasteiger partial charge in [0.05, 0.1) is 28.4 Å². The smallest absolute Gasteiger partial charge is 0.118 e. The minimum atomic E-state index is -0.957. The van der Waals surface area contributed by atoms with Gasteiger partial charge < -0.3 is 18.9 Å². The summed E-state index contributed by atoms with van der Waals surface area (Å²) in [5.41, 5.74) is 5.26. The van der Waals surface area contributed by atoms with Crippen LogP contribution in [-0.4, -0.2) is 34.6 Å². The number of hydrogen-bond donors (Lipinski definition) is 0. The summed E-state index contributed by atoms with van der Waals surface area (Å²) in [4.78, 5) is 0. The summed E-state index contributed by atoms with van der Waals surface area (Å²) >= 11 is 0. The van der Waals surface area contributed by atoms with Gasteiger partial charge in [0.1, 0.15) is 23.0 Å². The molecule has 4 nitrogen and oxygen atoms in total. The molecule has 5 heteroatoms. The fraction of sp³-hybridized carbons (Fsp3) is 0.250. The Labute approximate surface area is 221 Å². The van der Waals surface area contributed by atoms with Crippen molar-refractivity contribution in [3.8, 4) is 23.0 Å². The van der Waals surface area contributed by atoms with E-state index >= 15 is 0 Å². The molecule has 0 N–H and O–H groups in total. The van der Waals surface area contributed by atoms with E-state index < -0.39 is 6.15 Å². The summed E-state index contributed by atoms with van der Waals surface area (Å²) < 4.78 is 21.7. The highest BCUT2D eigenvalue weighted by molar-refractivity contribution is 6.77. The molecule has 192 valence electrons. The van der Waals surface area contributed by atoms with E-state index in [1.807, 2.05) is 0 Å². The van der Waals surface area contributed by atoms with Gasteiger partial charge in [0.2, 0.25) is 0 Å². The SMILES string of the molecule is COc1ccc(C[B-](Cc2ccc(OC)cc2)(Cc2ccc(OC)cc2)Cc2ccc(OC)cc2)cc1. The largest absolute Gasteiger partial charge is 0.497 e. The fourth-order valence-electron chi connectivity index (χ4n) is 5.48. The average molecular weight is 495 g/mol. The van der Waals surface area contributed by atoms with Crippen LogP contribution in [0.5, 0.6) is 23.0 Å². The topological polar surface area (TPSA) is 36.9 Å². The van der Waals surface area contributed by atoms with E-state index in [4.69, 9.17) is 18.9 Å². The predicted molar refractivity (Wildman–Crippen MR) is 153 cm³/mol. The molecule has 4 aromatic rings. The lowest BCUT2D eigenvalue weighted by Gasteiger charge is -2.41. The standard InChI is InChI=1S/C32H36BO4/c1-34-29-13-5-25(6-14-29)21-33(22-26-7-15-30(35-2)16-8-26,23-27-9-17-31(36-3)18-10-27)24-28-11-19-32(37-4)20-12-28/h5-20H,21-24H2,1-4H3/q-1. The Balaban J connectivity index is 1.76. The van der Waals surface area contributed by atoms with Crippen LogP contribution in [0, 0.1) is 0 Å². The fourth-order valence-corrected chi connectivity index (χ4v) is 5.48. The predicted octanol–water partition coefficient (Wildman–Crippen LogP) is 6.60. The maximum atomic E-state index is 5.42. The molecule has 0 aliphatic carbocycles. The van der Waals surface area contributed by atoms with Crippen molar-refractivity contribution >= 4 is 6.15 Å². The molecule has 0 aliphatic heterocycles. The van der Waals surface area contributed by atoms with E-state index in [0.29, 0.717) is 0 Å². The van der Waals surface area contributed by atoms with E-state index in [9.17, 15) is 0 Å². The van der Waals surface area contributed by atoms with Crippen LogP contribution in [0.25, 0.3) is 0 Å². The second kappa shape index (κ2) is 12.4. The van der Waals surface area contributed by atoms with Gasteiger partial charge in [0.25, 0.3) is 0 Å². The summed E-state index contributed by atoms with van der Waals surface area (Å²) in [6.07, 6.45) is 2.96. The quantitative estimate of drug-likeness (QED) is 0.208. The maximum absolute atomic E-state index is 5.42. The van der Waals surface area contributed by atoms with Crippen LogP contribution in [-0.2, 0) is 25.3 Å². The van der Waals surface area contributed by atoms with Crippen LogP contribution >= 0.6 is 0 Å². The van der Waals surface area contributed by atoms with Gasteiger partial charge in [-0.25, -0.2) is 0 Å². The van der Waals surface area contributed by atoms with Gasteiger partial charge in [-0.2, -0.15) is 25.3 Å². The van der Waals surface area contributed by atoms with Crippen LogP contribution in [0.15, 0.2) is 97.1 Å². The van der Waals surface area contributed by atoms with Gasteiger partial charge >= 0.3 is 0 Å².